The highest BCUT2D eigenvalue weighted by molar-refractivity contribution is 5.99. The number of hydrogen-bond donors (Lipinski definition) is 16. The molecule has 0 radical (unpaired) electrons. The molecule has 0 aliphatic carbocycles. The maximum Gasteiger partial charge on any atom is 0.326 e. The minimum atomic E-state index is -1.55. The molecule has 87 heavy (non-hydrogen) atoms. The number of aromatic nitrogens is 2. The average Bonchev–Trinajstić information content (AvgIpc) is 2.50. The highest BCUT2D eigenvalue weighted by Gasteiger charge is 2.41. The molecule has 18 N–H and O–H groups in total. The van der Waals surface area contributed by atoms with Gasteiger partial charge in [-0.25, -0.2) is 9.78 Å². The zero-order valence-electron chi connectivity index (χ0n) is 49.9. The lowest BCUT2D eigenvalue weighted by molar-refractivity contribution is -0.145. The van der Waals surface area contributed by atoms with Crippen LogP contribution in [0.4, 0.5) is 0 Å². The molecular weight excluding hydrogens is 1140 g/mol. The Hall–Kier alpha value is -8.74. The Labute approximate surface area is 503 Å². The van der Waals surface area contributed by atoms with Gasteiger partial charge in [-0.1, -0.05) is 52.7 Å². The maximum absolute atomic E-state index is 14.3. The van der Waals surface area contributed by atoms with E-state index in [1.54, 1.807) is 27.7 Å². The molecule has 0 bridgehead atoms. The number of nitrogens with zero attached hydrogens (tertiary/aromatic N) is 2. The number of aromatic amines is 1. The molecule has 482 valence electrons. The molecule has 11 atom stereocenters. The molecule has 1 saturated heterocycles. The van der Waals surface area contributed by atoms with Gasteiger partial charge in [0.25, 0.3) is 0 Å². The van der Waals surface area contributed by atoms with Gasteiger partial charge >= 0.3 is 17.9 Å². The third-order valence-electron chi connectivity index (χ3n) is 14.4. The van der Waals surface area contributed by atoms with Gasteiger partial charge in [0.1, 0.15) is 60.1 Å². The summed E-state index contributed by atoms with van der Waals surface area (Å²) < 4.78 is 0. The fourth-order valence-corrected chi connectivity index (χ4v) is 9.19. The Morgan fingerprint density at radius 2 is 1.24 bits per heavy atom. The van der Waals surface area contributed by atoms with Gasteiger partial charge in [-0.15, -0.1) is 0 Å². The molecule has 0 unspecified atom stereocenters. The van der Waals surface area contributed by atoms with Crippen LogP contribution in [0.25, 0.3) is 0 Å². The molecule has 2 heterocycles. The summed E-state index contributed by atoms with van der Waals surface area (Å²) in [7, 11) is 0. The number of likely N-dealkylation sites (tertiary alicyclic amines) is 1. The van der Waals surface area contributed by atoms with Gasteiger partial charge in [0.2, 0.25) is 59.1 Å². The van der Waals surface area contributed by atoms with E-state index in [-0.39, 0.29) is 50.3 Å². The van der Waals surface area contributed by atoms with Gasteiger partial charge in [-0.3, -0.25) is 57.5 Å². The van der Waals surface area contributed by atoms with E-state index in [9.17, 15) is 82.8 Å². The van der Waals surface area contributed by atoms with Gasteiger partial charge in [-0.05, 0) is 94.9 Å². The van der Waals surface area contributed by atoms with E-state index in [1.165, 1.54) is 50.6 Å². The number of aromatic hydroxyl groups is 1. The number of carboxylic acid groups (broad SMARTS) is 3. The van der Waals surface area contributed by atoms with Crippen LogP contribution in [0.2, 0.25) is 0 Å². The minimum Gasteiger partial charge on any atom is -0.508 e. The summed E-state index contributed by atoms with van der Waals surface area (Å²) in [6, 6.07) is -7.70. The lowest BCUT2D eigenvalue weighted by atomic mass is 9.96. The van der Waals surface area contributed by atoms with E-state index in [0.29, 0.717) is 43.5 Å². The van der Waals surface area contributed by atoms with Crippen LogP contribution in [-0.2, 0) is 75.2 Å². The standard InChI is InChI=1S/C56H86N14O17/c1-7-30(4)46(54(84)66-38(18-20-45(75)76)55(85)70-22-10-12-42(70)53(83)68-41(56(86)87)24-33-13-15-35(71)16-14-33)69-52(82)40(25-34-26-59-28-61-34)64-43(72)27-60-47(77)31(5)63-50(80)37(17-19-44(73)74)65-51(81)39(23-29(2)3)67-48(78)32(6)62-49(79)36(58)11-8-9-21-57/h13-16,26,28-32,36-42,46,71H,7-12,17-25,27,57-58H2,1-6H3,(H,59,61)(H,60,77)(H,62,79)(H,63,80)(H,64,72)(H,65,81)(H,66,84)(H,67,78)(H,68,83)(H,69,82)(H,73,74)(H,75,76)(H,86,87)/t30-,31-,32-,36-,37-,38-,39-,40-,41-,42-,46-/m0/s1. The number of carbonyl (C=O) groups excluding carboxylic acids is 10. The van der Waals surface area contributed by atoms with Gasteiger partial charge < -0.3 is 89.6 Å². The number of nitrogens with two attached hydrogens (primary N) is 2. The zero-order chi connectivity index (χ0) is 65.1. The predicted octanol–water partition coefficient (Wildman–Crippen LogP) is -2.71. The Balaban J connectivity index is 1.73. The fourth-order valence-electron chi connectivity index (χ4n) is 9.19. The molecule has 1 aliphatic heterocycles. The minimum absolute atomic E-state index is 0.00310. The van der Waals surface area contributed by atoms with Crippen LogP contribution in [0.1, 0.15) is 123 Å². The van der Waals surface area contributed by atoms with Crippen LogP contribution < -0.4 is 59.3 Å². The van der Waals surface area contributed by atoms with Crippen molar-refractivity contribution in [3.05, 3.63) is 48.0 Å². The normalized spacial score (nSPS) is 16.3. The molecule has 1 fully saturated rings. The molecule has 31 heteroatoms. The van der Waals surface area contributed by atoms with Crippen LogP contribution in [0.3, 0.4) is 0 Å². The van der Waals surface area contributed by atoms with Crippen molar-refractivity contribution in [2.45, 2.75) is 185 Å². The zero-order valence-corrected chi connectivity index (χ0v) is 49.9. The smallest absolute Gasteiger partial charge is 0.326 e. The molecule has 0 spiro atoms. The molecule has 1 aromatic carbocycles. The second-order valence-corrected chi connectivity index (χ2v) is 22.0. The summed E-state index contributed by atoms with van der Waals surface area (Å²) in [6.45, 7) is 9.07. The van der Waals surface area contributed by atoms with Crippen molar-refractivity contribution in [2.24, 2.45) is 23.3 Å². The number of aliphatic carboxylic acids is 3. The van der Waals surface area contributed by atoms with Crippen LogP contribution in [0, 0.1) is 11.8 Å². The van der Waals surface area contributed by atoms with E-state index < -0.39 is 176 Å². The largest absolute Gasteiger partial charge is 0.508 e. The molecule has 3 rings (SSSR count). The molecule has 31 nitrogen and oxygen atoms in total. The Bertz CT molecular complexity index is 2690. The van der Waals surface area contributed by atoms with E-state index in [4.69, 9.17) is 11.5 Å². The summed E-state index contributed by atoms with van der Waals surface area (Å²) in [6.07, 6.45) is 2.43. The number of rotatable bonds is 38. The van der Waals surface area contributed by atoms with E-state index in [1.807, 2.05) is 0 Å². The third-order valence-corrected chi connectivity index (χ3v) is 14.4. The quantitative estimate of drug-likeness (QED) is 0.0304. The fraction of sp³-hybridized carbons (Fsp3) is 0.607. The van der Waals surface area contributed by atoms with Gasteiger partial charge in [0.15, 0.2) is 0 Å². The van der Waals surface area contributed by atoms with Crippen molar-refractivity contribution < 1.29 is 82.8 Å². The van der Waals surface area contributed by atoms with Crippen molar-refractivity contribution in [1.82, 2.24) is 62.7 Å². The highest BCUT2D eigenvalue weighted by Crippen LogP contribution is 2.22. The number of unbranched alkanes of at least 4 members (excludes halogenated alkanes) is 1. The van der Waals surface area contributed by atoms with Gasteiger partial charge in [-0.2, -0.15) is 0 Å². The van der Waals surface area contributed by atoms with Gasteiger partial charge in [0, 0.05) is 44.1 Å². The molecule has 10 amide bonds. The lowest BCUT2D eigenvalue weighted by Crippen LogP contribution is -2.60. The Kier molecular flexibility index (Phi) is 30.3. The van der Waals surface area contributed by atoms with E-state index >= 15 is 0 Å². The molecule has 1 aliphatic rings. The summed E-state index contributed by atoms with van der Waals surface area (Å²) in [5, 5.41) is 61.1. The first-order chi connectivity index (χ1) is 41.0. The number of benzene rings is 1. The summed E-state index contributed by atoms with van der Waals surface area (Å²) in [5.41, 5.74) is 12.3. The number of imidazole rings is 1. The van der Waals surface area contributed by atoms with Crippen molar-refractivity contribution in [3.8, 4) is 5.75 Å². The number of nitrogens with one attached hydrogen (secondary N) is 10. The number of hydrogen-bond acceptors (Lipinski definition) is 17. The van der Waals surface area contributed by atoms with Crippen LogP contribution >= 0.6 is 0 Å². The SMILES string of the molecule is CC[C@H](C)[C@H](NC(=O)[C@H](Cc1cnc[nH]1)NC(=O)CNC(=O)[C@H](C)NC(=O)[C@H](CCC(=O)O)NC(=O)[C@H](CC(C)C)NC(=O)[C@H](C)NC(=O)[C@@H](N)CCCCN)C(=O)N[C@@H](CCC(=O)O)C(=O)N1CCC[C@H]1C(=O)N[C@@H](Cc1ccc(O)cc1)C(=O)O. The number of amides is 10. The second kappa shape index (κ2) is 36.3. The van der Waals surface area contributed by atoms with Crippen molar-refractivity contribution in [1.29, 1.82) is 0 Å². The first-order valence-electron chi connectivity index (χ1n) is 28.9. The van der Waals surface area contributed by atoms with E-state index in [2.05, 4.69) is 57.8 Å². The van der Waals surface area contributed by atoms with Crippen molar-refractivity contribution in [2.75, 3.05) is 19.6 Å². The maximum atomic E-state index is 14.3. The topological polar surface area (TPSA) is 495 Å². The first kappa shape index (κ1) is 72.5. The van der Waals surface area contributed by atoms with Crippen molar-refractivity contribution in [3.63, 3.8) is 0 Å². The van der Waals surface area contributed by atoms with Crippen LogP contribution in [-0.4, -0.2) is 192 Å². The highest BCUT2D eigenvalue weighted by atomic mass is 16.4. The summed E-state index contributed by atoms with van der Waals surface area (Å²) in [4.78, 5) is 180. The van der Waals surface area contributed by atoms with Gasteiger partial charge in [0.05, 0.1) is 18.9 Å². The summed E-state index contributed by atoms with van der Waals surface area (Å²) in [5.74, 6) is -13.5. The Morgan fingerprint density at radius 1 is 0.655 bits per heavy atom. The number of phenols is 1. The number of phenolic OH excluding ortho intramolecular Hbond substituents is 1. The van der Waals surface area contributed by atoms with Crippen molar-refractivity contribution >= 4 is 77.0 Å². The molecule has 0 saturated carbocycles. The molecule has 1 aromatic heterocycles. The lowest BCUT2D eigenvalue weighted by Gasteiger charge is -2.31. The van der Waals surface area contributed by atoms with Crippen LogP contribution in [0.15, 0.2) is 36.8 Å². The molecular formula is C56H86N14O17. The molecule has 2 aromatic rings. The first-order valence-corrected chi connectivity index (χ1v) is 28.9. The number of H-pyrrole nitrogens is 1. The Morgan fingerprint density at radius 3 is 1.83 bits per heavy atom. The number of carboxylic acids is 3. The predicted molar refractivity (Wildman–Crippen MR) is 310 cm³/mol. The summed E-state index contributed by atoms with van der Waals surface area (Å²) >= 11 is 0. The number of carbonyl (C=O) groups is 13. The van der Waals surface area contributed by atoms with E-state index in [0.717, 1.165) is 4.90 Å². The second-order valence-electron chi connectivity index (χ2n) is 22.0. The third kappa shape index (κ3) is 25.0. The van der Waals surface area contributed by atoms with Crippen LogP contribution in [0.5, 0.6) is 5.75 Å². The monoisotopic (exact) mass is 1230 g/mol. The average molecular weight is 1230 g/mol.